The number of fused-ring (bicyclic) bond motifs is 1. The summed E-state index contributed by atoms with van der Waals surface area (Å²) in [6, 6.07) is 7.97. The van der Waals surface area contributed by atoms with Crippen molar-refractivity contribution in [1.82, 2.24) is 0 Å². The molecule has 0 fully saturated rings. The quantitative estimate of drug-likeness (QED) is 0.809. The first kappa shape index (κ1) is 11.4. The van der Waals surface area contributed by atoms with Crippen molar-refractivity contribution in [3.63, 3.8) is 0 Å². The number of hydrogen-bond donors (Lipinski definition) is 2. The van der Waals surface area contributed by atoms with E-state index < -0.39 is 6.10 Å². The number of hydrogen-bond acceptors (Lipinski definition) is 3. The van der Waals surface area contributed by atoms with Crippen LogP contribution in [0.4, 0.5) is 0 Å². The third-order valence-electron chi connectivity index (χ3n) is 3.53. The second-order valence-corrected chi connectivity index (χ2v) is 4.56. The lowest BCUT2D eigenvalue weighted by Crippen LogP contribution is -2.49. The zero-order valence-corrected chi connectivity index (χ0v) is 9.65. The Morgan fingerprint density at radius 2 is 2.25 bits per heavy atom. The van der Waals surface area contributed by atoms with Gasteiger partial charge in [-0.2, -0.15) is 0 Å². The molecule has 1 aromatic rings. The summed E-state index contributed by atoms with van der Waals surface area (Å²) in [7, 11) is 0. The Balaban J connectivity index is 2.28. The molecule has 2 unspecified atom stereocenters. The molecule has 1 aromatic carbocycles. The number of aliphatic hydroxyl groups excluding tert-OH is 1. The standard InChI is InChI=1S/C13H19NO2/c1-2-12(15)13(8-14)7-10-5-3-4-6-11(10)16-9-13/h3-6,12,15H,2,7-9,14H2,1H3. The zero-order valence-electron chi connectivity index (χ0n) is 9.65. The summed E-state index contributed by atoms with van der Waals surface area (Å²) < 4.78 is 5.71. The maximum absolute atomic E-state index is 10.1. The number of para-hydroxylation sites is 1. The van der Waals surface area contributed by atoms with Crippen molar-refractivity contribution in [1.29, 1.82) is 0 Å². The molecule has 0 aromatic heterocycles. The minimum absolute atomic E-state index is 0.316. The lowest BCUT2D eigenvalue weighted by atomic mass is 9.75. The molecule has 2 atom stereocenters. The van der Waals surface area contributed by atoms with Gasteiger partial charge in [0.15, 0.2) is 0 Å². The van der Waals surface area contributed by atoms with E-state index in [1.807, 2.05) is 31.2 Å². The van der Waals surface area contributed by atoms with E-state index in [1.165, 1.54) is 0 Å². The Morgan fingerprint density at radius 3 is 2.94 bits per heavy atom. The van der Waals surface area contributed by atoms with Gasteiger partial charge in [-0.05, 0) is 24.5 Å². The molecule has 3 heteroatoms. The fourth-order valence-corrected chi connectivity index (χ4v) is 2.36. The van der Waals surface area contributed by atoms with E-state index in [1.54, 1.807) is 0 Å². The van der Waals surface area contributed by atoms with Gasteiger partial charge in [-0.3, -0.25) is 0 Å². The SMILES string of the molecule is CCC(O)C1(CN)COc2ccccc2C1. The molecular formula is C13H19NO2. The van der Waals surface area contributed by atoms with Gasteiger partial charge in [0.25, 0.3) is 0 Å². The molecule has 88 valence electrons. The summed E-state index contributed by atoms with van der Waals surface area (Å²) in [6.07, 6.45) is 1.11. The van der Waals surface area contributed by atoms with Crippen molar-refractivity contribution in [3.8, 4) is 5.75 Å². The van der Waals surface area contributed by atoms with Gasteiger partial charge in [0.05, 0.1) is 12.7 Å². The number of aliphatic hydroxyl groups is 1. The van der Waals surface area contributed by atoms with E-state index >= 15 is 0 Å². The summed E-state index contributed by atoms with van der Waals surface area (Å²) in [6.45, 7) is 2.94. The number of benzene rings is 1. The number of ether oxygens (including phenoxy) is 1. The van der Waals surface area contributed by atoms with Crippen molar-refractivity contribution in [2.75, 3.05) is 13.2 Å². The van der Waals surface area contributed by atoms with Gasteiger partial charge in [-0.1, -0.05) is 25.1 Å². The van der Waals surface area contributed by atoms with Crippen LogP contribution in [0.5, 0.6) is 5.75 Å². The minimum Gasteiger partial charge on any atom is -0.493 e. The first-order chi connectivity index (χ1) is 7.72. The van der Waals surface area contributed by atoms with E-state index in [4.69, 9.17) is 10.5 Å². The van der Waals surface area contributed by atoms with Gasteiger partial charge in [-0.15, -0.1) is 0 Å². The Kier molecular flexibility index (Phi) is 3.17. The molecule has 16 heavy (non-hydrogen) atoms. The predicted octanol–water partition coefficient (Wildman–Crippen LogP) is 1.34. The molecular weight excluding hydrogens is 202 g/mol. The monoisotopic (exact) mass is 221 g/mol. The van der Waals surface area contributed by atoms with Crippen molar-refractivity contribution < 1.29 is 9.84 Å². The normalized spacial score (nSPS) is 25.7. The molecule has 0 spiro atoms. The molecule has 1 aliphatic rings. The van der Waals surface area contributed by atoms with Crippen molar-refractivity contribution in [2.24, 2.45) is 11.1 Å². The maximum Gasteiger partial charge on any atom is 0.122 e. The molecule has 1 aliphatic heterocycles. The zero-order chi connectivity index (χ0) is 11.6. The fourth-order valence-electron chi connectivity index (χ4n) is 2.36. The van der Waals surface area contributed by atoms with E-state index in [-0.39, 0.29) is 5.41 Å². The van der Waals surface area contributed by atoms with E-state index in [2.05, 4.69) is 0 Å². The summed E-state index contributed by atoms with van der Waals surface area (Å²) in [5, 5.41) is 10.1. The first-order valence-corrected chi connectivity index (χ1v) is 5.80. The summed E-state index contributed by atoms with van der Waals surface area (Å²) in [5.41, 5.74) is 6.66. The topological polar surface area (TPSA) is 55.5 Å². The summed E-state index contributed by atoms with van der Waals surface area (Å²) in [4.78, 5) is 0. The molecule has 2 rings (SSSR count). The Morgan fingerprint density at radius 1 is 1.50 bits per heavy atom. The molecule has 0 saturated heterocycles. The van der Waals surface area contributed by atoms with Crippen LogP contribution in [0.1, 0.15) is 18.9 Å². The van der Waals surface area contributed by atoms with Crippen molar-refractivity contribution >= 4 is 0 Å². The molecule has 1 heterocycles. The van der Waals surface area contributed by atoms with Gasteiger partial charge in [0.1, 0.15) is 5.75 Å². The fraction of sp³-hybridized carbons (Fsp3) is 0.538. The van der Waals surface area contributed by atoms with Crippen LogP contribution >= 0.6 is 0 Å². The van der Waals surface area contributed by atoms with Crippen molar-refractivity contribution in [3.05, 3.63) is 29.8 Å². The molecule has 0 saturated carbocycles. The Bertz CT molecular complexity index is 367. The van der Waals surface area contributed by atoms with Crippen LogP contribution in [0.25, 0.3) is 0 Å². The van der Waals surface area contributed by atoms with Crippen LogP contribution in [0.15, 0.2) is 24.3 Å². The van der Waals surface area contributed by atoms with E-state index in [0.29, 0.717) is 19.6 Å². The predicted molar refractivity (Wildman–Crippen MR) is 63.4 cm³/mol. The van der Waals surface area contributed by atoms with Crippen LogP contribution < -0.4 is 10.5 Å². The third-order valence-corrected chi connectivity index (χ3v) is 3.53. The smallest absolute Gasteiger partial charge is 0.122 e. The second-order valence-electron chi connectivity index (χ2n) is 4.56. The van der Waals surface area contributed by atoms with Crippen LogP contribution in [0.3, 0.4) is 0 Å². The van der Waals surface area contributed by atoms with Gasteiger partial charge in [0, 0.05) is 12.0 Å². The highest BCUT2D eigenvalue weighted by Crippen LogP contribution is 2.37. The molecule has 0 aliphatic carbocycles. The van der Waals surface area contributed by atoms with Crippen LogP contribution in [-0.4, -0.2) is 24.4 Å². The van der Waals surface area contributed by atoms with E-state index in [0.717, 1.165) is 17.7 Å². The molecule has 0 radical (unpaired) electrons. The van der Waals surface area contributed by atoms with Gasteiger partial charge >= 0.3 is 0 Å². The average Bonchev–Trinajstić information content (AvgIpc) is 2.37. The summed E-state index contributed by atoms with van der Waals surface area (Å²) in [5.74, 6) is 0.926. The lowest BCUT2D eigenvalue weighted by Gasteiger charge is -2.40. The Hall–Kier alpha value is -1.06. The highest BCUT2D eigenvalue weighted by Gasteiger charge is 2.40. The van der Waals surface area contributed by atoms with Crippen LogP contribution in [-0.2, 0) is 6.42 Å². The average molecular weight is 221 g/mol. The molecule has 0 bridgehead atoms. The van der Waals surface area contributed by atoms with Gasteiger partial charge < -0.3 is 15.6 Å². The minimum atomic E-state index is -0.397. The third kappa shape index (κ3) is 1.81. The number of rotatable bonds is 3. The van der Waals surface area contributed by atoms with Crippen LogP contribution in [0, 0.1) is 5.41 Å². The van der Waals surface area contributed by atoms with Crippen LogP contribution in [0.2, 0.25) is 0 Å². The van der Waals surface area contributed by atoms with E-state index in [9.17, 15) is 5.11 Å². The maximum atomic E-state index is 10.1. The molecule has 3 nitrogen and oxygen atoms in total. The second kappa shape index (κ2) is 4.44. The largest absolute Gasteiger partial charge is 0.493 e. The number of nitrogens with two attached hydrogens (primary N) is 1. The summed E-state index contributed by atoms with van der Waals surface area (Å²) >= 11 is 0. The lowest BCUT2D eigenvalue weighted by molar-refractivity contribution is -0.0160. The molecule has 0 amide bonds. The van der Waals surface area contributed by atoms with Gasteiger partial charge in [0.2, 0.25) is 0 Å². The highest BCUT2D eigenvalue weighted by molar-refractivity contribution is 5.36. The van der Waals surface area contributed by atoms with Crippen molar-refractivity contribution in [2.45, 2.75) is 25.9 Å². The Labute approximate surface area is 96.2 Å². The highest BCUT2D eigenvalue weighted by atomic mass is 16.5. The van der Waals surface area contributed by atoms with Gasteiger partial charge in [-0.25, -0.2) is 0 Å². The first-order valence-electron chi connectivity index (χ1n) is 5.80. The molecule has 3 N–H and O–H groups in total.